The Morgan fingerprint density at radius 2 is 1.96 bits per heavy atom. The number of halogens is 3. The van der Waals surface area contributed by atoms with Crippen molar-refractivity contribution in [3.8, 4) is 5.82 Å². The highest BCUT2D eigenvalue weighted by Gasteiger charge is 2.41. The quantitative estimate of drug-likeness (QED) is 0.935. The minimum absolute atomic E-state index is 0.0618. The molecular formula is C16H17F3N4O. The van der Waals surface area contributed by atoms with E-state index in [1.54, 1.807) is 35.4 Å². The molecule has 0 atom stereocenters. The first-order valence-corrected chi connectivity index (χ1v) is 7.75. The van der Waals surface area contributed by atoms with Gasteiger partial charge in [-0.15, -0.1) is 0 Å². The second-order valence-corrected chi connectivity index (χ2v) is 5.94. The van der Waals surface area contributed by atoms with Gasteiger partial charge in [0.25, 0.3) is 5.91 Å². The van der Waals surface area contributed by atoms with Gasteiger partial charge in [0.1, 0.15) is 12.1 Å². The van der Waals surface area contributed by atoms with Gasteiger partial charge in [0, 0.05) is 24.6 Å². The highest BCUT2D eigenvalue weighted by molar-refractivity contribution is 5.94. The molecule has 1 N–H and O–H groups in total. The highest BCUT2D eigenvalue weighted by Crippen LogP contribution is 2.37. The lowest BCUT2D eigenvalue weighted by Crippen LogP contribution is -2.40. The summed E-state index contributed by atoms with van der Waals surface area (Å²) in [5.41, 5.74) is 0.386. The fraction of sp³-hybridized carbons (Fsp3) is 0.438. The summed E-state index contributed by atoms with van der Waals surface area (Å²) in [7, 11) is 0. The Labute approximate surface area is 136 Å². The van der Waals surface area contributed by atoms with Gasteiger partial charge in [0.2, 0.25) is 0 Å². The van der Waals surface area contributed by atoms with E-state index in [9.17, 15) is 18.0 Å². The molecule has 0 aliphatic heterocycles. The predicted molar refractivity (Wildman–Crippen MR) is 80.6 cm³/mol. The molecule has 1 fully saturated rings. The summed E-state index contributed by atoms with van der Waals surface area (Å²) in [5, 5.41) is 2.80. The van der Waals surface area contributed by atoms with Crippen LogP contribution in [0.25, 0.3) is 5.82 Å². The van der Waals surface area contributed by atoms with Crippen molar-refractivity contribution in [2.45, 2.75) is 37.9 Å². The molecule has 2 heterocycles. The first-order valence-electron chi connectivity index (χ1n) is 7.75. The fourth-order valence-electron chi connectivity index (χ4n) is 2.90. The summed E-state index contributed by atoms with van der Waals surface area (Å²) in [6, 6.07) is 3.11. The lowest BCUT2D eigenvalue weighted by Gasteiger charge is -2.30. The van der Waals surface area contributed by atoms with Crippen molar-refractivity contribution in [1.82, 2.24) is 19.9 Å². The molecule has 2 aromatic rings. The van der Waals surface area contributed by atoms with Crippen LogP contribution in [-0.2, 0) is 0 Å². The molecule has 2 aromatic heterocycles. The van der Waals surface area contributed by atoms with Crippen molar-refractivity contribution >= 4 is 5.91 Å². The van der Waals surface area contributed by atoms with Crippen LogP contribution in [-0.4, -0.2) is 32.7 Å². The molecule has 128 valence electrons. The Morgan fingerprint density at radius 1 is 1.21 bits per heavy atom. The topological polar surface area (TPSA) is 59.8 Å². The van der Waals surface area contributed by atoms with Crippen LogP contribution in [0.15, 0.2) is 37.1 Å². The van der Waals surface area contributed by atoms with Crippen molar-refractivity contribution in [3.05, 3.63) is 42.6 Å². The zero-order chi connectivity index (χ0) is 17.2. The van der Waals surface area contributed by atoms with Crippen LogP contribution in [0.2, 0.25) is 0 Å². The molecule has 8 heteroatoms. The van der Waals surface area contributed by atoms with Crippen molar-refractivity contribution < 1.29 is 18.0 Å². The van der Waals surface area contributed by atoms with Crippen LogP contribution in [0.1, 0.15) is 36.0 Å². The maximum absolute atomic E-state index is 12.6. The number of hydrogen-bond donors (Lipinski definition) is 1. The van der Waals surface area contributed by atoms with Gasteiger partial charge in [-0.1, -0.05) is 0 Å². The summed E-state index contributed by atoms with van der Waals surface area (Å²) in [4.78, 5) is 20.3. The fourth-order valence-corrected chi connectivity index (χ4v) is 2.90. The van der Waals surface area contributed by atoms with Crippen LogP contribution in [0.3, 0.4) is 0 Å². The van der Waals surface area contributed by atoms with E-state index in [0.717, 1.165) is 0 Å². The number of pyridine rings is 1. The Balaban J connectivity index is 1.56. The largest absolute Gasteiger partial charge is 0.391 e. The zero-order valence-electron chi connectivity index (χ0n) is 12.8. The number of hydrogen-bond acceptors (Lipinski definition) is 3. The molecular weight excluding hydrogens is 321 g/mol. The van der Waals surface area contributed by atoms with Crippen LogP contribution in [0, 0.1) is 5.92 Å². The summed E-state index contributed by atoms with van der Waals surface area (Å²) >= 11 is 0. The number of imidazole rings is 1. The second kappa shape index (κ2) is 6.62. The molecule has 0 bridgehead atoms. The maximum atomic E-state index is 12.6. The molecule has 24 heavy (non-hydrogen) atoms. The minimum atomic E-state index is -4.14. The number of aromatic nitrogens is 3. The highest BCUT2D eigenvalue weighted by atomic mass is 19.4. The van der Waals surface area contributed by atoms with Gasteiger partial charge in [-0.25, -0.2) is 9.97 Å². The zero-order valence-corrected chi connectivity index (χ0v) is 12.8. The summed E-state index contributed by atoms with van der Waals surface area (Å²) in [6.45, 7) is 0. The van der Waals surface area contributed by atoms with E-state index in [2.05, 4.69) is 15.3 Å². The van der Waals surface area contributed by atoms with E-state index in [0.29, 0.717) is 24.2 Å². The van der Waals surface area contributed by atoms with Crippen molar-refractivity contribution in [3.63, 3.8) is 0 Å². The SMILES string of the molecule is O=C(NC1CCC(C(F)(F)F)CC1)c1ccc(-n2ccnc2)nc1. The van der Waals surface area contributed by atoms with Crippen LogP contribution in [0.4, 0.5) is 13.2 Å². The molecule has 0 aromatic carbocycles. The van der Waals surface area contributed by atoms with Crippen molar-refractivity contribution in [1.29, 1.82) is 0 Å². The molecule has 1 saturated carbocycles. The van der Waals surface area contributed by atoms with E-state index in [1.165, 1.54) is 6.20 Å². The lowest BCUT2D eigenvalue weighted by molar-refractivity contribution is -0.182. The third-order valence-corrected chi connectivity index (χ3v) is 4.30. The normalized spacial score (nSPS) is 21.5. The summed E-state index contributed by atoms with van der Waals surface area (Å²) in [5.74, 6) is -0.924. The van der Waals surface area contributed by atoms with Crippen molar-refractivity contribution in [2.75, 3.05) is 0 Å². The summed E-state index contributed by atoms with van der Waals surface area (Å²) < 4.78 is 39.7. The number of nitrogens with one attached hydrogen (secondary N) is 1. The van der Waals surface area contributed by atoms with E-state index in [1.807, 2.05) is 0 Å². The molecule has 0 unspecified atom stereocenters. The second-order valence-electron chi connectivity index (χ2n) is 5.94. The monoisotopic (exact) mass is 338 g/mol. The summed E-state index contributed by atoms with van der Waals surface area (Å²) in [6.07, 6.45) is 3.08. The third kappa shape index (κ3) is 3.74. The van der Waals surface area contributed by atoms with Crippen LogP contribution in [0.5, 0.6) is 0 Å². The molecule has 5 nitrogen and oxygen atoms in total. The van der Waals surface area contributed by atoms with Gasteiger partial charge in [-0.05, 0) is 37.8 Å². The van der Waals surface area contributed by atoms with E-state index >= 15 is 0 Å². The van der Waals surface area contributed by atoms with Gasteiger partial charge in [0.15, 0.2) is 0 Å². The smallest absolute Gasteiger partial charge is 0.349 e. The first kappa shape index (κ1) is 16.5. The number of carbonyl (C=O) groups excluding carboxylic acids is 1. The van der Waals surface area contributed by atoms with E-state index in [4.69, 9.17) is 0 Å². The number of rotatable bonds is 3. The lowest BCUT2D eigenvalue weighted by atomic mass is 9.85. The standard InChI is InChI=1S/C16H17F3N4O/c17-16(18,19)12-2-4-13(5-3-12)22-15(24)11-1-6-14(21-9-11)23-8-7-20-10-23/h1,6-10,12-13H,2-5H2,(H,22,24). The van der Waals surface area contributed by atoms with Gasteiger partial charge in [-0.2, -0.15) is 13.2 Å². The Bertz CT molecular complexity index is 674. The molecule has 1 aliphatic rings. The van der Waals surface area contributed by atoms with E-state index < -0.39 is 12.1 Å². The van der Waals surface area contributed by atoms with E-state index in [-0.39, 0.29) is 24.8 Å². The van der Waals surface area contributed by atoms with Crippen LogP contribution < -0.4 is 5.32 Å². The van der Waals surface area contributed by atoms with Gasteiger partial charge < -0.3 is 5.32 Å². The number of amides is 1. The van der Waals surface area contributed by atoms with Gasteiger partial charge >= 0.3 is 6.18 Å². The average molecular weight is 338 g/mol. The van der Waals surface area contributed by atoms with Crippen molar-refractivity contribution in [2.24, 2.45) is 5.92 Å². The number of alkyl halides is 3. The van der Waals surface area contributed by atoms with Crippen LogP contribution >= 0.6 is 0 Å². The van der Waals surface area contributed by atoms with Gasteiger partial charge in [0.05, 0.1) is 11.5 Å². The Morgan fingerprint density at radius 3 is 2.50 bits per heavy atom. The predicted octanol–water partition coefficient (Wildman–Crippen LogP) is 3.12. The molecule has 0 saturated heterocycles. The molecule has 1 aliphatic carbocycles. The number of carbonyl (C=O) groups is 1. The Kier molecular flexibility index (Phi) is 4.55. The maximum Gasteiger partial charge on any atom is 0.391 e. The number of nitrogens with zero attached hydrogens (tertiary/aromatic N) is 3. The third-order valence-electron chi connectivity index (χ3n) is 4.30. The molecule has 3 rings (SSSR count). The molecule has 0 spiro atoms. The molecule has 0 radical (unpaired) electrons. The first-order chi connectivity index (χ1) is 11.4. The average Bonchev–Trinajstić information content (AvgIpc) is 3.09. The minimum Gasteiger partial charge on any atom is -0.349 e. The Hall–Kier alpha value is -2.38. The van der Waals surface area contributed by atoms with Gasteiger partial charge in [-0.3, -0.25) is 9.36 Å². The molecule has 1 amide bonds.